The van der Waals surface area contributed by atoms with Crippen LogP contribution in [0.15, 0.2) is 22.2 Å². The Bertz CT molecular complexity index is 1070. The molecule has 0 aliphatic carbocycles. The Hall–Kier alpha value is -1.93. The van der Waals surface area contributed by atoms with Gasteiger partial charge in [-0.15, -0.1) is 0 Å². The highest BCUT2D eigenvalue weighted by molar-refractivity contribution is 7.84. The van der Waals surface area contributed by atoms with Crippen LogP contribution in [0.3, 0.4) is 0 Å². The van der Waals surface area contributed by atoms with Crippen molar-refractivity contribution in [3.05, 3.63) is 28.2 Å². The number of nitrogens with zero attached hydrogens (tertiary/aromatic N) is 4. The molecule has 0 radical (unpaired) electrons. The van der Waals surface area contributed by atoms with E-state index in [0.717, 1.165) is 0 Å². The summed E-state index contributed by atoms with van der Waals surface area (Å²) in [5.74, 6) is 0. The van der Waals surface area contributed by atoms with Gasteiger partial charge in [0.15, 0.2) is 8.32 Å². The van der Waals surface area contributed by atoms with Gasteiger partial charge in [0.2, 0.25) is 5.16 Å². The number of nitriles is 1. The second-order valence-corrected chi connectivity index (χ2v) is 14.8. The van der Waals surface area contributed by atoms with Crippen LogP contribution in [-0.4, -0.2) is 52.6 Å². The third kappa shape index (κ3) is 4.05. The van der Waals surface area contributed by atoms with Crippen LogP contribution in [0, 0.1) is 11.3 Å². The summed E-state index contributed by atoms with van der Waals surface area (Å²) in [7, 11) is -3.53. The quantitative estimate of drug-likeness (QED) is 0.537. The molecule has 0 amide bonds. The average Bonchev–Trinajstić information content (AvgIpc) is 3.06. The molecule has 156 valence electrons. The molecule has 0 N–H and O–H groups in total. The number of aromatic nitrogens is 3. The number of ether oxygens (including phenoxy) is 1. The second-order valence-electron chi connectivity index (χ2n) is 8.75. The van der Waals surface area contributed by atoms with Gasteiger partial charge in [-0.2, -0.15) is 5.26 Å². The zero-order valence-corrected chi connectivity index (χ0v) is 19.4. The molecule has 0 saturated carbocycles. The molecule has 10 heteroatoms. The monoisotopic (exact) mass is 434 g/mol. The van der Waals surface area contributed by atoms with Crippen molar-refractivity contribution >= 4 is 30.2 Å². The fourth-order valence-corrected chi connectivity index (χ4v) is 4.81. The van der Waals surface area contributed by atoms with Crippen molar-refractivity contribution in [3.63, 3.8) is 0 Å². The smallest absolute Gasteiger partial charge is 0.270 e. The highest BCUT2D eigenvalue weighted by Crippen LogP contribution is 2.39. The summed E-state index contributed by atoms with van der Waals surface area (Å²) in [6, 6.07) is 2.99. The Morgan fingerprint density at radius 3 is 2.66 bits per heavy atom. The fourth-order valence-electron chi connectivity index (χ4n) is 3.06. The number of rotatable bonds is 4. The van der Waals surface area contributed by atoms with E-state index in [-0.39, 0.29) is 28.5 Å². The van der Waals surface area contributed by atoms with Crippen molar-refractivity contribution in [2.24, 2.45) is 0 Å². The van der Waals surface area contributed by atoms with Gasteiger partial charge in [0.25, 0.3) is 5.56 Å². The Kier molecular flexibility index (Phi) is 5.79. The molecule has 1 fully saturated rings. The molecule has 3 heterocycles. The van der Waals surface area contributed by atoms with Gasteiger partial charge >= 0.3 is 0 Å². The zero-order valence-electron chi connectivity index (χ0n) is 17.6. The number of pyridine rings is 1. The van der Waals surface area contributed by atoms with Gasteiger partial charge in [0, 0.05) is 17.8 Å². The molecule has 1 saturated heterocycles. The highest BCUT2D eigenvalue weighted by Gasteiger charge is 2.43. The molecule has 1 aliphatic rings. The van der Waals surface area contributed by atoms with E-state index < -0.39 is 30.7 Å². The van der Waals surface area contributed by atoms with E-state index in [2.05, 4.69) is 43.8 Å². The first kappa shape index (κ1) is 21.8. The molecule has 2 aromatic heterocycles. The molecule has 0 aromatic carbocycles. The van der Waals surface area contributed by atoms with E-state index in [0.29, 0.717) is 17.6 Å². The molecular weight excluding hydrogens is 408 g/mol. The number of hydrogen-bond donors (Lipinski definition) is 0. The third-order valence-corrected chi connectivity index (χ3v) is 10.9. The molecule has 3 unspecified atom stereocenters. The number of hydrogen-bond acceptors (Lipinski definition) is 7. The summed E-state index contributed by atoms with van der Waals surface area (Å²) in [5, 5.41) is 10.1. The summed E-state index contributed by atoms with van der Waals surface area (Å²) in [6.45, 7) is 11.4. The van der Waals surface area contributed by atoms with Crippen molar-refractivity contribution in [1.82, 2.24) is 14.5 Å². The van der Waals surface area contributed by atoms with Crippen molar-refractivity contribution in [1.29, 1.82) is 5.26 Å². The van der Waals surface area contributed by atoms with Gasteiger partial charge in [-0.25, -0.2) is 9.97 Å². The summed E-state index contributed by atoms with van der Waals surface area (Å²) < 4.78 is 25.6. The normalized spacial score (nSPS) is 21.3. The lowest BCUT2D eigenvalue weighted by Gasteiger charge is -2.39. The van der Waals surface area contributed by atoms with Gasteiger partial charge < -0.3 is 9.16 Å². The van der Waals surface area contributed by atoms with E-state index in [9.17, 15) is 14.3 Å². The summed E-state index contributed by atoms with van der Waals surface area (Å²) >= 11 is 0. The minimum atomic E-state index is -2.12. The Morgan fingerprint density at radius 1 is 1.38 bits per heavy atom. The van der Waals surface area contributed by atoms with Gasteiger partial charge in [0.05, 0.1) is 36.2 Å². The van der Waals surface area contributed by atoms with Gasteiger partial charge in [0.1, 0.15) is 17.3 Å². The zero-order chi connectivity index (χ0) is 21.6. The molecule has 0 bridgehead atoms. The second kappa shape index (κ2) is 7.72. The largest absolute Gasteiger partial charge is 0.409 e. The van der Waals surface area contributed by atoms with Crippen LogP contribution in [0.4, 0.5) is 0 Å². The first-order chi connectivity index (χ1) is 13.5. The van der Waals surface area contributed by atoms with Crippen molar-refractivity contribution < 1.29 is 13.4 Å². The highest BCUT2D eigenvalue weighted by atomic mass is 32.2. The maximum atomic E-state index is 13.1. The molecule has 0 spiro atoms. The maximum absolute atomic E-state index is 13.1. The van der Waals surface area contributed by atoms with Crippen LogP contribution in [0.1, 0.15) is 32.4 Å². The fraction of sp³-hybridized carbons (Fsp3) is 0.579. The minimum absolute atomic E-state index is 0.00385. The topological polar surface area (TPSA) is 107 Å². The van der Waals surface area contributed by atoms with Crippen molar-refractivity contribution in [3.8, 4) is 6.07 Å². The Morgan fingerprint density at radius 2 is 2.07 bits per heavy atom. The summed E-state index contributed by atoms with van der Waals surface area (Å²) in [6.07, 6.45) is 2.64. The Labute approximate surface area is 173 Å². The first-order valence-corrected chi connectivity index (χ1v) is 13.8. The first-order valence-electron chi connectivity index (χ1n) is 9.37. The van der Waals surface area contributed by atoms with E-state index >= 15 is 0 Å². The average molecular weight is 435 g/mol. The third-order valence-electron chi connectivity index (χ3n) is 5.71. The molecule has 3 rings (SSSR count). The molecule has 29 heavy (non-hydrogen) atoms. The lowest BCUT2D eigenvalue weighted by atomic mass is 10.1. The van der Waals surface area contributed by atoms with Crippen LogP contribution in [0.2, 0.25) is 18.1 Å². The van der Waals surface area contributed by atoms with Crippen LogP contribution in [0.5, 0.6) is 0 Å². The van der Waals surface area contributed by atoms with Crippen LogP contribution < -0.4 is 5.56 Å². The maximum Gasteiger partial charge on any atom is 0.270 e. The number of fused-ring (bicyclic) bond motifs is 1. The van der Waals surface area contributed by atoms with E-state index in [1.165, 1.54) is 23.1 Å². The van der Waals surface area contributed by atoms with Crippen molar-refractivity contribution in [2.45, 2.75) is 56.2 Å². The van der Waals surface area contributed by atoms with E-state index in [1.807, 2.05) is 6.07 Å². The molecule has 3 atom stereocenters. The predicted octanol–water partition coefficient (Wildman–Crippen LogP) is 2.36. The van der Waals surface area contributed by atoms with Crippen LogP contribution in [0.25, 0.3) is 11.0 Å². The lowest BCUT2D eigenvalue weighted by Crippen LogP contribution is -2.47. The summed E-state index contributed by atoms with van der Waals surface area (Å²) in [5.41, 5.74) is -0.108. The van der Waals surface area contributed by atoms with Gasteiger partial charge in [-0.3, -0.25) is 13.6 Å². The standard InChI is InChI=1S/C19H26N4O4SSi/c1-19(2,3)29(5,6)27-15-11-26-10-14(15)23-16-13(7-12(8-20)17(23)24)9-21-18(22-16)28(4)25/h7,9,14-15H,10-11H2,1-6H3. The van der Waals surface area contributed by atoms with Crippen molar-refractivity contribution in [2.75, 3.05) is 19.5 Å². The van der Waals surface area contributed by atoms with Gasteiger partial charge in [-0.05, 0) is 24.2 Å². The lowest BCUT2D eigenvalue weighted by molar-refractivity contribution is 0.126. The van der Waals surface area contributed by atoms with E-state index in [4.69, 9.17) is 9.16 Å². The summed E-state index contributed by atoms with van der Waals surface area (Å²) in [4.78, 5) is 21.6. The molecular formula is C19H26N4O4SSi. The van der Waals surface area contributed by atoms with Gasteiger partial charge in [-0.1, -0.05) is 20.8 Å². The molecule has 8 nitrogen and oxygen atoms in total. The minimum Gasteiger partial charge on any atom is -0.409 e. The molecule has 2 aromatic rings. The molecule has 1 aliphatic heterocycles. The van der Waals surface area contributed by atoms with E-state index in [1.54, 1.807) is 0 Å². The predicted molar refractivity (Wildman–Crippen MR) is 113 cm³/mol. The van der Waals surface area contributed by atoms with Crippen LogP contribution in [-0.2, 0) is 20.0 Å². The Balaban J connectivity index is 2.17. The van der Waals surface area contributed by atoms with Crippen LogP contribution >= 0.6 is 0 Å². The SMILES string of the molecule is CS(=O)c1ncc2cc(C#N)c(=O)n(C3COCC3O[Si](C)(C)C(C)(C)C)c2n1.